The molecule has 9 rings (SSSR count). The summed E-state index contributed by atoms with van der Waals surface area (Å²) in [6.07, 6.45) is 8.25. The lowest BCUT2D eigenvalue weighted by atomic mass is 9.76. The van der Waals surface area contributed by atoms with E-state index in [0.29, 0.717) is 0 Å². The number of H-pyrrole nitrogens is 2. The zero-order valence-electron chi connectivity index (χ0n) is 32.1. The van der Waals surface area contributed by atoms with Crippen LogP contribution in [0.2, 0.25) is 0 Å². The third-order valence-corrected chi connectivity index (χ3v) is 11.9. The lowest BCUT2D eigenvalue weighted by Crippen LogP contribution is -2.41. The Kier molecular flexibility index (Phi) is 7.89. The van der Waals surface area contributed by atoms with Gasteiger partial charge in [0.1, 0.15) is 0 Å². The Balaban J connectivity index is 1.42. The van der Waals surface area contributed by atoms with Gasteiger partial charge in [0.05, 0.1) is 45.2 Å². The highest BCUT2D eigenvalue weighted by molar-refractivity contribution is 6.66. The van der Waals surface area contributed by atoms with E-state index in [9.17, 15) is 0 Å². The molecule has 2 N–H and O–H groups in total. The highest BCUT2D eigenvalue weighted by atomic mass is 16.7. The minimum absolute atomic E-state index is 0.538. The van der Waals surface area contributed by atoms with Crippen LogP contribution in [0, 0.1) is 0 Å². The molecular weight excluding hydrogens is 670 g/mol. The highest BCUT2D eigenvalue weighted by Crippen LogP contribution is 2.40. The summed E-state index contributed by atoms with van der Waals surface area (Å²) in [6.45, 7) is 16.6. The smallest absolute Gasteiger partial charge is 0.399 e. The molecule has 0 aliphatic carbocycles. The molecule has 54 heavy (non-hydrogen) atoms. The second-order valence-electron chi connectivity index (χ2n) is 16.5. The number of rotatable bonds is 4. The maximum atomic E-state index is 6.74. The van der Waals surface area contributed by atoms with Crippen LogP contribution < -0.4 is 10.9 Å². The second kappa shape index (κ2) is 12.3. The maximum Gasteiger partial charge on any atom is 0.499 e. The van der Waals surface area contributed by atoms with Crippen molar-refractivity contribution in [3.05, 3.63) is 108 Å². The van der Waals surface area contributed by atoms with E-state index in [2.05, 4.69) is 162 Å². The molecule has 0 saturated carbocycles. The molecule has 2 aromatic carbocycles. The molecule has 5 aromatic rings. The lowest BCUT2D eigenvalue weighted by Gasteiger charge is -2.32. The molecule has 2 fully saturated rings. The summed E-state index contributed by atoms with van der Waals surface area (Å²) in [4.78, 5) is 18.3. The Hall–Kier alpha value is -4.99. The van der Waals surface area contributed by atoms with E-state index in [1.54, 1.807) is 0 Å². The first-order valence-electron chi connectivity index (χ1n) is 18.7. The largest absolute Gasteiger partial charge is 0.499 e. The van der Waals surface area contributed by atoms with Crippen LogP contribution in [0.1, 0.15) is 78.2 Å². The molecule has 10 heteroatoms. The molecule has 4 aliphatic rings. The van der Waals surface area contributed by atoms with E-state index < -0.39 is 36.6 Å². The number of aromatic nitrogens is 4. The Morgan fingerprint density at radius 1 is 0.407 bits per heavy atom. The molecular formula is C44H44B2N4O4. The average Bonchev–Trinajstić information content (AvgIpc) is 3.98. The van der Waals surface area contributed by atoms with Gasteiger partial charge in [0, 0.05) is 44.1 Å². The number of fused-ring (bicyclic) bond motifs is 8. The second-order valence-corrected chi connectivity index (χ2v) is 16.5. The van der Waals surface area contributed by atoms with Crippen LogP contribution in [0.15, 0.2) is 84.9 Å². The van der Waals surface area contributed by atoms with Gasteiger partial charge in [0.25, 0.3) is 0 Å². The van der Waals surface area contributed by atoms with Gasteiger partial charge in [0.15, 0.2) is 0 Å². The minimum atomic E-state index is -0.689. The molecule has 270 valence electrons. The molecule has 0 spiro atoms. The van der Waals surface area contributed by atoms with Gasteiger partial charge in [-0.2, -0.15) is 0 Å². The third-order valence-electron chi connectivity index (χ3n) is 11.9. The van der Waals surface area contributed by atoms with Gasteiger partial charge < -0.3 is 28.6 Å². The van der Waals surface area contributed by atoms with Crippen molar-refractivity contribution < 1.29 is 18.6 Å². The van der Waals surface area contributed by atoms with E-state index in [4.69, 9.17) is 28.6 Å². The van der Waals surface area contributed by atoms with Crippen LogP contribution >= 0.6 is 0 Å². The third kappa shape index (κ3) is 5.63. The number of nitrogens with one attached hydrogen (secondary N) is 2. The van der Waals surface area contributed by atoms with Crippen LogP contribution in [0.5, 0.6) is 0 Å². The van der Waals surface area contributed by atoms with Crippen molar-refractivity contribution in [2.24, 2.45) is 0 Å². The van der Waals surface area contributed by atoms with Crippen LogP contribution in [0.25, 0.3) is 68.6 Å². The van der Waals surface area contributed by atoms with Crippen molar-refractivity contribution in [1.82, 2.24) is 19.9 Å². The summed E-state index contributed by atoms with van der Waals surface area (Å²) in [5.41, 5.74) is 10.2. The monoisotopic (exact) mass is 714 g/mol. The van der Waals surface area contributed by atoms with Gasteiger partial charge >= 0.3 is 14.2 Å². The standard InChI is InChI=1S/C44H44B2N4O4/c1-41(2)42(3,4)52-45(51-41)39-33-23-19-29(47-33)37(27-15-11-9-12-16-27)31-21-25-35(49-31)40(46-53-43(5,6)44(7,8)54-46)36-26-22-32(50-36)38(28-17-13-10-14-18-28)30-20-24-34(39)48-30/h9-26,47-48H,1-8H3. The fraction of sp³-hybridized carbons (Fsp3) is 0.273. The number of aromatic amines is 2. The van der Waals surface area contributed by atoms with E-state index >= 15 is 0 Å². The maximum absolute atomic E-state index is 6.74. The van der Waals surface area contributed by atoms with Crippen LogP contribution in [0.4, 0.5) is 0 Å². The van der Waals surface area contributed by atoms with Crippen molar-refractivity contribution in [1.29, 1.82) is 0 Å². The van der Waals surface area contributed by atoms with Crippen LogP contribution in [-0.2, 0) is 18.6 Å². The van der Waals surface area contributed by atoms with Gasteiger partial charge in [-0.15, -0.1) is 0 Å². The molecule has 0 radical (unpaired) electrons. The normalized spacial score (nSPS) is 19.2. The fourth-order valence-corrected chi connectivity index (χ4v) is 7.48. The first-order chi connectivity index (χ1) is 25.7. The lowest BCUT2D eigenvalue weighted by molar-refractivity contribution is 0.00578. The SMILES string of the molecule is CC1(C)OB(c2c3nc(c(-c4ccccc4)c4ccc([nH]4)c(B4OC(C)(C)C(C)(C)O4)c4ccc([nH]4)c(-c4ccccc4)c4nc2C=C4)C=C3)OC1(C)C. The number of hydrogen-bond donors (Lipinski definition) is 2. The van der Waals surface area contributed by atoms with E-state index in [-0.39, 0.29) is 0 Å². The van der Waals surface area contributed by atoms with E-state index in [1.165, 1.54) is 0 Å². The molecule has 0 amide bonds. The predicted octanol–water partition coefficient (Wildman–Crippen LogP) is 8.59. The summed E-state index contributed by atoms with van der Waals surface area (Å²) in [5, 5.41) is 0. The minimum Gasteiger partial charge on any atom is -0.399 e. The number of nitrogens with zero attached hydrogens (tertiary/aromatic N) is 2. The van der Waals surface area contributed by atoms with Gasteiger partial charge in [0.2, 0.25) is 0 Å². The van der Waals surface area contributed by atoms with Gasteiger partial charge in [-0.25, -0.2) is 9.97 Å². The summed E-state index contributed by atoms with van der Waals surface area (Å²) < 4.78 is 26.9. The van der Waals surface area contributed by atoms with Gasteiger partial charge in [-0.1, -0.05) is 60.7 Å². The molecule has 3 aromatic heterocycles. The molecule has 0 unspecified atom stereocenters. The summed E-state index contributed by atoms with van der Waals surface area (Å²) >= 11 is 0. The molecule has 4 aliphatic heterocycles. The summed E-state index contributed by atoms with van der Waals surface area (Å²) in [6, 6.07) is 29.2. The number of benzene rings is 2. The van der Waals surface area contributed by atoms with E-state index in [1.807, 2.05) is 12.1 Å². The molecule has 0 atom stereocenters. The summed E-state index contributed by atoms with van der Waals surface area (Å²) in [5.74, 6) is 0. The van der Waals surface area contributed by atoms with Crippen molar-refractivity contribution in [3.63, 3.8) is 0 Å². The van der Waals surface area contributed by atoms with Crippen LogP contribution in [0.3, 0.4) is 0 Å². The Morgan fingerprint density at radius 3 is 1.13 bits per heavy atom. The Bertz CT molecular complexity index is 2360. The van der Waals surface area contributed by atoms with E-state index in [0.717, 1.165) is 78.0 Å². The number of hydrogen-bond acceptors (Lipinski definition) is 6. The van der Waals surface area contributed by atoms with Gasteiger partial charge in [-0.05, 0) is 115 Å². The topological polar surface area (TPSA) is 94.3 Å². The Labute approximate surface area is 317 Å². The van der Waals surface area contributed by atoms with Crippen molar-refractivity contribution in [2.75, 3.05) is 0 Å². The molecule has 8 nitrogen and oxygen atoms in total. The summed E-state index contributed by atoms with van der Waals surface area (Å²) in [7, 11) is -1.33. The fourth-order valence-electron chi connectivity index (χ4n) is 7.48. The van der Waals surface area contributed by atoms with Gasteiger partial charge in [-0.3, -0.25) is 0 Å². The first kappa shape index (κ1) is 34.8. The zero-order valence-corrected chi connectivity index (χ0v) is 32.1. The van der Waals surface area contributed by atoms with Crippen LogP contribution in [-0.4, -0.2) is 56.6 Å². The van der Waals surface area contributed by atoms with Crippen molar-refractivity contribution in [3.8, 4) is 22.3 Å². The van der Waals surface area contributed by atoms with Crippen molar-refractivity contribution in [2.45, 2.75) is 77.8 Å². The zero-order chi connectivity index (χ0) is 37.6. The molecule has 2 saturated heterocycles. The average molecular weight is 714 g/mol. The highest BCUT2D eigenvalue weighted by Gasteiger charge is 2.54. The predicted molar refractivity (Wildman–Crippen MR) is 221 cm³/mol. The Morgan fingerprint density at radius 2 is 0.741 bits per heavy atom. The quantitative estimate of drug-likeness (QED) is 0.178. The van der Waals surface area contributed by atoms with Crippen molar-refractivity contribution >= 4 is 71.5 Å². The molecule has 8 bridgehead atoms. The first-order valence-corrected chi connectivity index (χ1v) is 18.7. The molecule has 7 heterocycles.